The fourth-order valence-electron chi connectivity index (χ4n) is 1.14. The highest BCUT2D eigenvalue weighted by Gasteiger charge is 2.46. The van der Waals surface area contributed by atoms with Gasteiger partial charge >= 0.3 is 6.18 Å². The Labute approximate surface area is 96.2 Å². The van der Waals surface area contributed by atoms with Crippen LogP contribution in [0.5, 0.6) is 0 Å². The van der Waals surface area contributed by atoms with E-state index in [0.717, 1.165) is 17.6 Å². The lowest BCUT2D eigenvalue weighted by Gasteiger charge is -2.27. The van der Waals surface area contributed by atoms with Gasteiger partial charge in [-0.3, -0.25) is 0 Å². The van der Waals surface area contributed by atoms with Crippen molar-refractivity contribution in [3.05, 3.63) is 23.8 Å². The minimum Gasteiger partial charge on any atom is -0.171 e. The van der Waals surface area contributed by atoms with Crippen molar-refractivity contribution < 1.29 is 13.2 Å². The average molecular weight is 234 g/mol. The van der Waals surface area contributed by atoms with Gasteiger partial charge in [-0.2, -0.15) is 13.2 Å². The van der Waals surface area contributed by atoms with Crippen LogP contribution < -0.4 is 0 Å². The molecule has 0 atom stereocenters. The Kier molecular flexibility index (Phi) is 5.30. The number of hydrogen-bond acceptors (Lipinski definition) is 0. The third kappa shape index (κ3) is 4.86. The molecule has 0 aliphatic carbocycles. The lowest BCUT2D eigenvalue weighted by Crippen LogP contribution is -2.31. The summed E-state index contributed by atoms with van der Waals surface area (Å²) < 4.78 is 37.7. The SMILES string of the molecule is C=C(/C=C(\C)CC)CCC(C)(C)C(F)(F)F. The van der Waals surface area contributed by atoms with Crippen molar-refractivity contribution in [2.24, 2.45) is 5.41 Å². The first kappa shape index (κ1) is 15.3. The van der Waals surface area contributed by atoms with Crippen LogP contribution in [0.2, 0.25) is 0 Å². The van der Waals surface area contributed by atoms with Gasteiger partial charge in [0.05, 0.1) is 5.41 Å². The standard InChI is InChI=1S/C13H21F3/c1-6-10(2)9-11(3)7-8-12(4,5)13(14,15)16/h9H,3,6-8H2,1-2,4-5H3/b10-9+. The molecule has 0 saturated carbocycles. The minimum atomic E-state index is -4.14. The molecular weight excluding hydrogens is 213 g/mol. The Hall–Kier alpha value is -0.730. The Bertz CT molecular complexity index is 269. The Morgan fingerprint density at radius 3 is 2.12 bits per heavy atom. The predicted octanol–water partition coefficient (Wildman–Crippen LogP) is 5.27. The van der Waals surface area contributed by atoms with E-state index in [4.69, 9.17) is 0 Å². The molecule has 0 rings (SSSR count). The van der Waals surface area contributed by atoms with E-state index in [1.165, 1.54) is 13.8 Å². The van der Waals surface area contributed by atoms with Crippen molar-refractivity contribution in [3.8, 4) is 0 Å². The Morgan fingerprint density at radius 2 is 1.75 bits per heavy atom. The lowest BCUT2D eigenvalue weighted by atomic mass is 9.85. The van der Waals surface area contributed by atoms with Gasteiger partial charge in [-0.15, -0.1) is 0 Å². The molecule has 0 aliphatic heterocycles. The minimum absolute atomic E-state index is 0.0861. The maximum absolute atomic E-state index is 12.6. The third-order valence-electron chi connectivity index (χ3n) is 2.85. The molecule has 94 valence electrons. The van der Waals surface area contributed by atoms with Crippen LogP contribution in [-0.2, 0) is 0 Å². The monoisotopic (exact) mass is 234 g/mol. The van der Waals surface area contributed by atoms with Gasteiger partial charge in [0.15, 0.2) is 0 Å². The highest BCUT2D eigenvalue weighted by molar-refractivity contribution is 5.19. The number of alkyl halides is 3. The first-order valence-corrected chi connectivity index (χ1v) is 5.52. The van der Waals surface area contributed by atoms with E-state index in [1.54, 1.807) is 0 Å². The quantitative estimate of drug-likeness (QED) is 0.568. The molecule has 0 N–H and O–H groups in total. The molecule has 3 heteroatoms. The van der Waals surface area contributed by atoms with E-state index >= 15 is 0 Å². The summed E-state index contributed by atoms with van der Waals surface area (Å²) in [4.78, 5) is 0. The molecule has 0 aliphatic rings. The molecule has 0 heterocycles. The lowest BCUT2D eigenvalue weighted by molar-refractivity contribution is -0.213. The van der Waals surface area contributed by atoms with Gasteiger partial charge in [-0.25, -0.2) is 0 Å². The molecular formula is C13H21F3. The first-order chi connectivity index (χ1) is 7.10. The number of rotatable bonds is 5. The molecule has 0 fully saturated rings. The van der Waals surface area contributed by atoms with Crippen LogP contribution in [0.3, 0.4) is 0 Å². The van der Waals surface area contributed by atoms with Gasteiger partial charge in [-0.1, -0.05) is 44.6 Å². The Morgan fingerprint density at radius 1 is 1.25 bits per heavy atom. The van der Waals surface area contributed by atoms with E-state index in [9.17, 15) is 13.2 Å². The van der Waals surface area contributed by atoms with Crippen LogP contribution in [0.1, 0.15) is 47.0 Å². The summed E-state index contributed by atoms with van der Waals surface area (Å²) in [5, 5.41) is 0. The smallest absolute Gasteiger partial charge is 0.171 e. The molecule has 0 spiro atoms. The van der Waals surface area contributed by atoms with Crippen molar-refractivity contribution in [1.82, 2.24) is 0 Å². The number of allylic oxidation sites excluding steroid dienone is 3. The largest absolute Gasteiger partial charge is 0.393 e. The molecule has 0 saturated heterocycles. The Balaban J connectivity index is 4.32. The summed E-state index contributed by atoms with van der Waals surface area (Å²) in [5.74, 6) is 0. The van der Waals surface area contributed by atoms with E-state index in [-0.39, 0.29) is 6.42 Å². The summed E-state index contributed by atoms with van der Waals surface area (Å²) in [7, 11) is 0. The first-order valence-electron chi connectivity index (χ1n) is 5.52. The summed E-state index contributed by atoms with van der Waals surface area (Å²) in [6, 6.07) is 0. The van der Waals surface area contributed by atoms with E-state index < -0.39 is 11.6 Å². The zero-order valence-corrected chi connectivity index (χ0v) is 10.5. The highest BCUT2D eigenvalue weighted by atomic mass is 19.4. The molecule has 0 bridgehead atoms. The summed E-state index contributed by atoms with van der Waals surface area (Å²) in [6.45, 7) is 10.2. The van der Waals surface area contributed by atoms with Gasteiger partial charge in [0.1, 0.15) is 0 Å². The maximum atomic E-state index is 12.6. The molecule has 0 amide bonds. The second-order valence-electron chi connectivity index (χ2n) is 4.88. The molecule has 16 heavy (non-hydrogen) atoms. The van der Waals surface area contributed by atoms with Crippen molar-refractivity contribution in [2.45, 2.75) is 53.1 Å². The molecule has 0 nitrogen and oxygen atoms in total. The summed E-state index contributed by atoms with van der Waals surface area (Å²) in [5.41, 5.74) is 0.288. The molecule has 0 aromatic rings. The van der Waals surface area contributed by atoms with Gasteiger partial charge < -0.3 is 0 Å². The van der Waals surface area contributed by atoms with Gasteiger partial charge in [0.2, 0.25) is 0 Å². The maximum Gasteiger partial charge on any atom is 0.393 e. The number of halogens is 3. The fraction of sp³-hybridized carbons (Fsp3) is 0.692. The van der Waals surface area contributed by atoms with Crippen molar-refractivity contribution >= 4 is 0 Å². The van der Waals surface area contributed by atoms with Crippen molar-refractivity contribution in [3.63, 3.8) is 0 Å². The second kappa shape index (κ2) is 5.55. The van der Waals surface area contributed by atoms with Gasteiger partial charge in [-0.05, 0) is 26.2 Å². The van der Waals surface area contributed by atoms with Crippen LogP contribution in [-0.4, -0.2) is 6.18 Å². The van der Waals surface area contributed by atoms with Crippen LogP contribution in [0.25, 0.3) is 0 Å². The molecule has 0 aromatic carbocycles. The zero-order chi connectivity index (χ0) is 13.0. The van der Waals surface area contributed by atoms with Crippen LogP contribution in [0.15, 0.2) is 23.8 Å². The normalized spacial score (nSPS) is 14.1. The molecule has 0 radical (unpaired) electrons. The average Bonchev–Trinajstić information content (AvgIpc) is 2.13. The van der Waals surface area contributed by atoms with E-state index in [2.05, 4.69) is 6.58 Å². The summed E-state index contributed by atoms with van der Waals surface area (Å²) in [6.07, 6.45) is -0.877. The highest BCUT2D eigenvalue weighted by Crippen LogP contribution is 2.41. The summed E-state index contributed by atoms with van der Waals surface area (Å²) >= 11 is 0. The third-order valence-corrected chi connectivity index (χ3v) is 2.85. The van der Waals surface area contributed by atoms with E-state index in [1.807, 2.05) is 19.9 Å². The zero-order valence-electron chi connectivity index (χ0n) is 10.5. The van der Waals surface area contributed by atoms with Gasteiger partial charge in [0, 0.05) is 0 Å². The predicted molar refractivity (Wildman–Crippen MR) is 62.3 cm³/mol. The fourth-order valence-corrected chi connectivity index (χ4v) is 1.14. The van der Waals surface area contributed by atoms with E-state index in [0.29, 0.717) is 6.42 Å². The van der Waals surface area contributed by atoms with Crippen LogP contribution in [0, 0.1) is 5.41 Å². The number of hydrogen-bond donors (Lipinski definition) is 0. The van der Waals surface area contributed by atoms with Crippen molar-refractivity contribution in [1.29, 1.82) is 0 Å². The van der Waals surface area contributed by atoms with Crippen LogP contribution in [0.4, 0.5) is 13.2 Å². The molecule has 0 aromatic heterocycles. The topological polar surface area (TPSA) is 0 Å². The second-order valence-corrected chi connectivity index (χ2v) is 4.88. The van der Waals surface area contributed by atoms with Crippen molar-refractivity contribution in [2.75, 3.05) is 0 Å². The van der Waals surface area contributed by atoms with Gasteiger partial charge in [0.25, 0.3) is 0 Å². The molecule has 0 unspecified atom stereocenters. The van der Waals surface area contributed by atoms with Crippen LogP contribution >= 0.6 is 0 Å².